The van der Waals surface area contributed by atoms with Crippen LogP contribution < -0.4 is 0 Å². The summed E-state index contributed by atoms with van der Waals surface area (Å²) in [6.45, 7) is 5.62. The van der Waals surface area contributed by atoms with E-state index in [0.717, 1.165) is 5.69 Å². The summed E-state index contributed by atoms with van der Waals surface area (Å²) in [5.41, 5.74) is -0.0568. The zero-order chi connectivity index (χ0) is 11.6. The first-order valence-electron chi connectivity index (χ1n) is 4.71. The molecule has 6 heteroatoms. The maximum Gasteiger partial charge on any atom is 0.390 e. The van der Waals surface area contributed by atoms with Crippen LogP contribution in [-0.4, -0.2) is 25.4 Å². The molecule has 0 aliphatic rings. The van der Waals surface area contributed by atoms with Gasteiger partial charge in [-0.1, -0.05) is 0 Å². The van der Waals surface area contributed by atoms with Gasteiger partial charge in [-0.2, -0.15) is 4.68 Å². The molecule has 0 aliphatic heterocycles. The fourth-order valence-electron chi connectivity index (χ4n) is 1.19. The number of hydrogen-bond donors (Lipinski definition) is 1. The molecule has 1 aromatic rings. The summed E-state index contributed by atoms with van der Waals surface area (Å²) < 4.78 is 1.54. The first-order chi connectivity index (χ1) is 6.79. The van der Waals surface area contributed by atoms with Gasteiger partial charge in [-0.25, -0.2) is 0 Å². The molecule has 0 radical (unpaired) electrons. The van der Waals surface area contributed by atoms with Gasteiger partial charge < -0.3 is 15.2 Å². The van der Waals surface area contributed by atoms with Crippen LogP contribution in [0, 0.1) is 17.0 Å². The molecule has 1 heterocycles. The Balaban J connectivity index is 2.74. The molecule has 1 aromatic heterocycles. The molecule has 0 atom stereocenters. The van der Waals surface area contributed by atoms with Crippen molar-refractivity contribution in [2.75, 3.05) is 0 Å². The molecule has 0 bridgehead atoms. The third kappa shape index (κ3) is 3.32. The zero-order valence-electron chi connectivity index (χ0n) is 9.10. The van der Waals surface area contributed by atoms with Crippen LogP contribution >= 0.6 is 0 Å². The first-order valence-corrected chi connectivity index (χ1v) is 4.71. The average molecular weight is 213 g/mol. The predicted molar refractivity (Wildman–Crippen MR) is 54.5 cm³/mol. The van der Waals surface area contributed by atoms with Crippen LogP contribution in [0.5, 0.6) is 0 Å². The van der Waals surface area contributed by atoms with Crippen LogP contribution in [0.25, 0.3) is 0 Å². The highest BCUT2D eigenvalue weighted by atomic mass is 16.6. The molecule has 6 nitrogen and oxygen atoms in total. The summed E-state index contributed by atoms with van der Waals surface area (Å²) in [5, 5.41) is 23.8. The Morgan fingerprint density at radius 2 is 2.27 bits per heavy atom. The van der Waals surface area contributed by atoms with Gasteiger partial charge >= 0.3 is 5.82 Å². The second-order valence-corrected chi connectivity index (χ2v) is 4.19. The molecule has 0 saturated heterocycles. The quantitative estimate of drug-likeness (QED) is 0.603. The van der Waals surface area contributed by atoms with E-state index in [2.05, 4.69) is 5.10 Å². The third-order valence-corrected chi connectivity index (χ3v) is 2.09. The Kier molecular flexibility index (Phi) is 3.09. The van der Waals surface area contributed by atoms with Gasteiger partial charge in [0.25, 0.3) is 0 Å². The van der Waals surface area contributed by atoms with E-state index < -0.39 is 10.5 Å². The molecule has 15 heavy (non-hydrogen) atoms. The second kappa shape index (κ2) is 3.98. The smallest absolute Gasteiger partial charge is 0.390 e. The number of aryl methyl sites for hydroxylation is 2. The van der Waals surface area contributed by atoms with Gasteiger partial charge in [0.15, 0.2) is 0 Å². The molecular formula is C9H15N3O3. The minimum absolute atomic E-state index is 0.150. The minimum Gasteiger partial charge on any atom is -0.390 e. The Bertz CT molecular complexity index is 365. The van der Waals surface area contributed by atoms with Crippen molar-refractivity contribution in [3.8, 4) is 0 Å². The van der Waals surface area contributed by atoms with Crippen molar-refractivity contribution >= 4 is 5.82 Å². The lowest BCUT2D eigenvalue weighted by Gasteiger charge is -2.15. The molecule has 1 N–H and O–H groups in total. The van der Waals surface area contributed by atoms with Crippen LogP contribution in [0.15, 0.2) is 6.07 Å². The molecule has 84 valence electrons. The van der Waals surface area contributed by atoms with Crippen molar-refractivity contribution in [3.63, 3.8) is 0 Å². The maximum atomic E-state index is 10.4. The summed E-state index contributed by atoms with van der Waals surface area (Å²) in [5.74, 6) is -0.150. The van der Waals surface area contributed by atoms with Crippen molar-refractivity contribution in [2.45, 2.75) is 39.3 Å². The SMILES string of the molecule is Cc1cc([N+](=O)[O-])nn1CCC(C)(C)O. The highest BCUT2D eigenvalue weighted by Crippen LogP contribution is 2.14. The maximum absolute atomic E-state index is 10.4. The molecule has 0 aromatic carbocycles. The molecule has 0 amide bonds. The summed E-state index contributed by atoms with van der Waals surface area (Å²) in [7, 11) is 0. The lowest BCUT2D eigenvalue weighted by molar-refractivity contribution is -0.389. The fraction of sp³-hybridized carbons (Fsp3) is 0.667. The third-order valence-electron chi connectivity index (χ3n) is 2.09. The normalized spacial score (nSPS) is 11.7. The van der Waals surface area contributed by atoms with E-state index in [4.69, 9.17) is 0 Å². The van der Waals surface area contributed by atoms with E-state index in [0.29, 0.717) is 13.0 Å². The molecule has 0 unspecified atom stereocenters. The number of aromatic nitrogens is 2. The minimum atomic E-state index is -0.785. The van der Waals surface area contributed by atoms with Gasteiger partial charge in [-0.3, -0.25) is 0 Å². The van der Waals surface area contributed by atoms with E-state index >= 15 is 0 Å². The lowest BCUT2D eigenvalue weighted by atomic mass is 10.1. The van der Waals surface area contributed by atoms with E-state index in [-0.39, 0.29) is 5.82 Å². The standard InChI is InChI=1S/C9H15N3O3/c1-7-6-8(12(14)15)10-11(7)5-4-9(2,3)13/h6,13H,4-5H2,1-3H3. The highest BCUT2D eigenvalue weighted by Gasteiger charge is 2.18. The van der Waals surface area contributed by atoms with Gasteiger partial charge in [0.2, 0.25) is 0 Å². The van der Waals surface area contributed by atoms with E-state index in [1.54, 1.807) is 20.8 Å². The van der Waals surface area contributed by atoms with Crippen molar-refractivity contribution in [2.24, 2.45) is 0 Å². The predicted octanol–water partition coefficient (Wildman–Crippen LogP) is 1.26. The number of nitro groups is 1. The zero-order valence-corrected chi connectivity index (χ0v) is 9.10. The van der Waals surface area contributed by atoms with Crippen LogP contribution in [0.2, 0.25) is 0 Å². The first kappa shape index (κ1) is 11.6. The number of aliphatic hydroxyl groups is 1. The Hall–Kier alpha value is -1.43. The molecule has 0 aliphatic carbocycles. The lowest BCUT2D eigenvalue weighted by Crippen LogP contribution is -2.21. The summed E-state index contributed by atoms with van der Waals surface area (Å²) in [4.78, 5) is 9.93. The van der Waals surface area contributed by atoms with Crippen molar-refractivity contribution in [3.05, 3.63) is 21.9 Å². The summed E-state index contributed by atoms with van der Waals surface area (Å²) >= 11 is 0. The van der Waals surface area contributed by atoms with Crippen LogP contribution in [0.1, 0.15) is 26.0 Å². The van der Waals surface area contributed by atoms with Crippen molar-refractivity contribution in [1.82, 2.24) is 9.78 Å². The fourth-order valence-corrected chi connectivity index (χ4v) is 1.19. The van der Waals surface area contributed by atoms with Crippen LogP contribution in [-0.2, 0) is 6.54 Å². The molecule has 0 spiro atoms. The van der Waals surface area contributed by atoms with Crippen molar-refractivity contribution < 1.29 is 10.0 Å². The van der Waals surface area contributed by atoms with Crippen LogP contribution in [0.3, 0.4) is 0 Å². The van der Waals surface area contributed by atoms with Gasteiger partial charge in [-0.15, -0.1) is 0 Å². The van der Waals surface area contributed by atoms with E-state index in [1.165, 1.54) is 10.7 Å². The number of rotatable bonds is 4. The summed E-state index contributed by atoms with van der Waals surface area (Å²) in [6, 6.07) is 1.42. The molecule has 1 rings (SSSR count). The summed E-state index contributed by atoms with van der Waals surface area (Å²) in [6.07, 6.45) is 0.507. The largest absolute Gasteiger partial charge is 0.390 e. The van der Waals surface area contributed by atoms with Gasteiger partial charge in [0.05, 0.1) is 29.0 Å². The highest BCUT2D eigenvalue weighted by molar-refractivity contribution is 5.20. The van der Waals surface area contributed by atoms with E-state index in [9.17, 15) is 15.2 Å². The number of nitrogens with zero attached hydrogens (tertiary/aromatic N) is 3. The van der Waals surface area contributed by atoms with Crippen molar-refractivity contribution in [1.29, 1.82) is 0 Å². The Morgan fingerprint density at radius 3 is 2.67 bits per heavy atom. The Labute approximate surface area is 87.7 Å². The molecule has 0 saturated carbocycles. The number of hydrogen-bond acceptors (Lipinski definition) is 4. The molecular weight excluding hydrogens is 198 g/mol. The topological polar surface area (TPSA) is 81.2 Å². The second-order valence-electron chi connectivity index (χ2n) is 4.19. The van der Waals surface area contributed by atoms with Crippen LogP contribution in [0.4, 0.5) is 5.82 Å². The van der Waals surface area contributed by atoms with Gasteiger partial charge in [0, 0.05) is 0 Å². The van der Waals surface area contributed by atoms with Gasteiger partial charge in [-0.05, 0) is 32.1 Å². The average Bonchev–Trinajstić information content (AvgIpc) is 2.42. The van der Waals surface area contributed by atoms with E-state index in [1.807, 2.05) is 0 Å². The monoisotopic (exact) mass is 213 g/mol. The molecule has 0 fully saturated rings. The Morgan fingerprint density at radius 1 is 1.67 bits per heavy atom. The van der Waals surface area contributed by atoms with Gasteiger partial charge in [0.1, 0.15) is 0 Å².